The summed E-state index contributed by atoms with van der Waals surface area (Å²) >= 11 is 0. The van der Waals surface area contributed by atoms with Crippen molar-refractivity contribution >= 4 is 8.32 Å². The lowest BCUT2D eigenvalue weighted by Gasteiger charge is -2.44. The normalized spacial score (nSPS) is 16.1. The molecule has 0 amide bonds. The van der Waals surface area contributed by atoms with E-state index in [2.05, 4.69) is 121 Å². The van der Waals surface area contributed by atoms with Gasteiger partial charge >= 0.3 is 0 Å². The predicted molar refractivity (Wildman–Crippen MR) is 166 cm³/mol. The first-order valence-corrected chi connectivity index (χ1v) is 17.1. The Kier molecular flexibility index (Phi) is 10.5. The average Bonchev–Trinajstić information content (AvgIpc) is 2.93. The number of benzene rings is 3. The molecular formula is C35H48O3Si. The minimum absolute atomic E-state index is 0.0320. The molecule has 0 unspecified atom stereocenters. The maximum Gasteiger partial charge on any atom is 0.192 e. The number of hydrogen-bond donors (Lipinski definition) is 1. The quantitative estimate of drug-likeness (QED) is 0.141. The summed E-state index contributed by atoms with van der Waals surface area (Å²) in [7, 11) is -2.12. The number of aliphatic hydroxyl groups is 1. The van der Waals surface area contributed by atoms with Crippen LogP contribution >= 0.6 is 0 Å². The van der Waals surface area contributed by atoms with Crippen molar-refractivity contribution in [3.63, 3.8) is 0 Å². The van der Waals surface area contributed by atoms with Crippen molar-refractivity contribution in [2.24, 2.45) is 11.8 Å². The van der Waals surface area contributed by atoms with Gasteiger partial charge in [-0.25, -0.2) is 0 Å². The minimum atomic E-state index is -2.12. The molecule has 0 aromatic heterocycles. The van der Waals surface area contributed by atoms with Gasteiger partial charge in [0.25, 0.3) is 0 Å². The third-order valence-corrected chi connectivity index (χ3v) is 12.8. The smallest absolute Gasteiger partial charge is 0.192 e. The largest absolute Gasteiger partial charge is 0.413 e. The van der Waals surface area contributed by atoms with Gasteiger partial charge in [-0.05, 0) is 41.7 Å². The number of hydrogen-bond acceptors (Lipinski definition) is 3. The molecule has 3 aromatic rings. The Labute approximate surface area is 238 Å². The summed E-state index contributed by atoms with van der Waals surface area (Å²) in [6.07, 6.45) is 3.02. The van der Waals surface area contributed by atoms with Crippen LogP contribution in [0, 0.1) is 11.8 Å². The van der Waals surface area contributed by atoms with Crippen LogP contribution in [0.4, 0.5) is 0 Å². The lowest BCUT2D eigenvalue weighted by molar-refractivity contribution is -0.0520. The maximum atomic E-state index is 11.0. The summed E-state index contributed by atoms with van der Waals surface area (Å²) < 4.78 is 14.2. The molecule has 0 heterocycles. The fraction of sp³-hybridized carbons (Fsp3) is 0.429. The van der Waals surface area contributed by atoms with Crippen molar-refractivity contribution in [1.29, 1.82) is 0 Å². The van der Waals surface area contributed by atoms with Crippen LogP contribution in [-0.2, 0) is 14.8 Å². The Bertz CT molecular complexity index is 1060. The summed E-state index contributed by atoms with van der Waals surface area (Å²) in [6, 6.07) is 31.4. The van der Waals surface area contributed by atoms with E-state index in [1.54, 1.807) is 0 Å². The van der Waals surface area contributed by atoms with Crippen molar-refractivity contribution in [3.8, 4) is 0 Å². The molecule has 39 heavy (non-hydrogen) atoms. The number of allylic oxidation sites excluding steroid dienone is 1. The Morgan fingerprint density at radius 1 is 0.769 bits per heavy atom. The van der Waals surface area contributed by atoms with E-state index in [1.165, 1.54) is 0 Å². The molecule has 0 saturated heterocycles. The molecule has 210 valence electrons. The molecule has 0 fully saturated rings. The Morgan fingerprint density at radius 3 is 1.54 bits per heavy atom. The van der Waals surface area contributed by atoms with Gasteiger partial charge in [0.05, 0.1) is 18.8 Å². The van der Waals surface area contributed by atoms with Crippen molar-refractivity contribution in [2.45, 2.75) is 77.5 Å². The zero-order valence-corrected chi connectivity index (χ0v) is 26.1. The fourth-order valence-corrected chi connectivity index (χ4v) is 6.43. The van der Waals surface area contributed by atoms with Gasteiger partial charge in [0.1, 0.15) is 5.60 Å². The minimum Gasteiger partial charge on any atom is -0.413 e. The van der Waals surface area contributed by atoms with Crippen LogP contribution in [0.5, 0.6) is 0 Å². The molecule has 4 heteroatoms. The van der Waals surface area contributed by atoms with E-state index in [9.17, 15) is 5.11 Å². The standard InChI is InChI=1S/C35H48O3Si/c1-9-19-32(36)28(3)33(38-39(7,8)34(4,5)6)27(2)26-37-35(29-20-13-10-14-21-29,30-22-15-11-16-23-30)31-24-17-12-18-25-31/h9-25,27-28,32-33,36H,26H2,1-8H3/b19-9+/t27-,28+,32-,33-/m1/s1. The molecule has 0 bridgehead atoms. The molecule has 0 radical (unpaired) electrons. The van der Waals surface area contributed by atoms with Gasteiger partial charge in [-0.3, -0.25) is 0 Å². The highest BCUT2D eigenvalue weighted by atomic mass is 28.4. The first-order valence-electron chi connectivity index (χ1n) is 14.2. The van der Waals surface area contributed by atoms with Gasteiger partial charge in [0.2, 0.25) is 0 Å². The molecule has 0 spiro atoms. The van der Waals surface area contributed by atoms with Crippen LogP contribution in [0.3, 0.4) is 0 Å². The molecule has 0 saturated carbocycles. The average molecular weight is 545 g/mol. The number of aliphatic hydroxyl groups excluding tert-OH is 1. The van der Waals surface area contributed by atoms with E-state index in [0.29, 0.717) is 6.61 Å². The van der Waals surface area contributed by atoms with Gasteiger partial charge in [0, 0.05) is 11.8 Å². The molecule has 4 atom stereocenters. The third kappa shape index (κ3) is 7.18. The lowest BCUT2D eigenvalue weighted by atomic mass is 9.80. The van der Waals surface area contributed by atoms with E-state index in [1.807, 2.05) is 37.3 Å². The van der Waals surface area contributed by atoms with Crippen LogP contribution in [0.15, 0.2) is 103 Å². The van der Waals surface area contributed by atoms with Crippen LogP contribution in [0.25, 0.3) is 0 Å². The second-order valence-electron chi connectivity index (χ2n) is 12.3. The summed E-state index contributed by atoms with van der Waals surface area (Å²) in [5, 5.41) is 11.1. The van der Waals surface area contributed by atoms with Crippen LogP contribution < -0.4 is 0 Å². The third-order valence-electron chi connectivity index (χ3n) is 8.35. The van der Waals surface area contributed by atoms with Crippen molar-refractivity contribution in [3.05, 3.63) is 120 Å². The highest BCUT2D eigenvalue weighted by Crippen LogP contribution is 2.43. The van der Waals surface area contributed by atoms with Crippen LogP contribution in [0.1, 0.15) is 58.2 Å². The second-order valence-corrected chi connectivity index (χ2v) is 17.0. The molecule has 0 aliphatic rings. The molecule has 1 N–H and O–H groups in total. The Balaban J connectivity index is 2.07. The van der Waals surface area contributed by atoms with Gasteiger partial charge in [-0.15, -0.1) is 0 Å². The lowest BCUT2D eigenvalue weighted by Crippen LogP contribution is -2.50. The van der Waals surface area contributed by atoms with Gasteiger partial charge < -0.3 is 14.3 Å². The Morgan fingerprint density at radius 2 is 1.18 bits per heavy atom. The topological polar surface area (TPSA) is 38.7 Å². The maximum absolute atomic E-state index is 11.0. The number of ether oxygens (including phenoxy) is 1. The molecule has 0 aliphatic carbocycles. The molecular weight excluding hydrogens is 496 g/mol. The van der Waals surface area contributed by atoms with Crippen LogP contribution in [0.2, 0.25) is 18.1 Å². The first kappa shape index (κ1) is 31.0. The van der Waals surface area contributed by atoms with Gasteiger partial charge in [-0.2, -0.15) is 0 Å². The fourth-order valence-electron chi connectivity index (χ4n) is 4.95. The van der Waals surface area contributed by atoms with E-state index < -0.39 is 20.0 Å². The SMILES string of the molecule is C/C=C/[C@@H](O)[C@H](C)[C@H](O[Si](C)(C)C(C)(C)C)[C@H](C)COC(c1ccccc1)(c1ccccc1)c1ccccc1. The first-order chi connectivity index (χ1) is 18.4. The molecule has 0 aliphatic heterocycles. The summed E-state index contributed by atoms with van der Waals surface area (Å²) in [6.45, 7) is 18.0. The summed E-state index contributed by atoms with van der Waals surface area (Å²) in [4.78, 5) is 0. The molecule has 3 nitrogen and oxygen atoms in total. The van der Waals surface area contributed by atoms with Gasteiger partial charge in [0.15, 0.2) is 8.32 Å². The Hall–Kier alpha value is -2.50. The van der Waals surface area contributed by atoms with E-state index in [0.717, 1.165) is 16.7 Å². The number of rotatable bonds is 12. The summed E-state index contributed by atoms with van der Waals surface area (Å²) in [5.41, 5.74) is 2.46. The predicted octanol–water partition coefficient (Wildman–Crippen LogP) is 8.59. The van der Waals surface area contributed by atoms with E-state index in [4.69, 9.17) is 9.16 Å². The van der Waals surface area contributed by atoms with E-state index in [-0.39, 0.29) is 23.0 Å². The monoisotopic (exact) mass is 544 g/mol. The zero-order valence-electron chi connectivity index (χ0n) is 25.1. The molecule has 3 aromatic carbocycles. The van der Waals surface area contributed by atoms with Crippen molar-refractivity contribution in [2.75, 3.05) is 6.61 Å². The second kappa shape index (κ2) is 13.2. The summed E-state index contributed by atoms with van der Waals surface area (Å²) in [5.74, 6) is -0.0574. The highest BCUT2D eigenvalue weighted by molar-refractivity contribution is 6.74. The molecule has 3 rings (SSSR count). The van der Waals surface area contributed by atoms with Gasteiger partial charge in [-0.1, -0.05) is 138 Å². The van der Waals surface area contributed by atoms with Crippen molar-refractivity contribution in [1.82, 2.24) is 0 Å². The zero-order chi connectivity index (χ0) is 28.7. The van der Waals surface area contributed by atoms with Crippen LogP contribution in [-0.4, -0.2) is 32.2 Å². The van der Waals surface area contributed by atoms with E-state index >= 15 is 0 Å². The highest BCUT2D eigenvalue weighted by Gasteiger charge is 2.44. The van der Waals surface area contributed by atoms with Crippen molar-refractivity contribution < 1.29 is 14.3 Å².